The van der Waals surface area contributed by atoms with E-state index >= 15 is 0 Å². The number of para-hydroxylation sites is 1. The predicted molar refractivity (Wildman–Crippen MR) is 121 cm³/mol. The van der Waals surface area contributed by atoms with Crippen molar-refractivity contribution in [2.75, 3.05) is 49.6 Å². The zero-order valence-electron chi connectivity index (χ0n) is 17.2. The molecule has 2 aromatic carbocycles. The van der Waals surface area contributed by atoms with Crippen molar-refractivity contribution < 1.29 is 17.9 Å². The number of hydrogen-bond acceptors (Lipinski definition) is 6. The Hall–Kier alpha value is -2.07. The van der Waals surface area contributed by atoms with Gasteiger partial charge in [0.1, 0.15) is 4.90 Å². The van der Waals surface area contributed by atoms with Crippen molar-refractivity contribution in [3.05, 3.63) is 42.0 Å². The van der Waals surface area contributed by atoms with E-state index in [9.17, 15) is 13.2 Å². The summed E-state index contributed by atoms with van der Waals surface area (Å²) in [4.78, 5) is 17.2. The highest BCUT2D eigenvalue weighted by Crippen LogP contribution is 2.43. The summed E-state index contributed by atoms with van der Waals surface area (Å²) in [6.45, 7) is 3.05. The molecule has 0 aromatic heterocycles. The number of benzene rings is 2. The molecule has 2 saturated heterocycles. The first-order chi connectivity index (χ1) is 15.0. The van der Waals surface area contributed by atoms with Crippen LogP contribution in [0.4, 0.5) is 11.4 Å². The third kappa shape index (κ3) is 3.95. The summed E-state index contributed by atoms with van der Waals surface area (Å²) in [5.41, 5.74) is 1.84. The molecule has 0 bridgehead atoms. The molecule has 0 spiro atoms. The van der Waals surface area contributed by atoms with Gasteiger partial charge in [-0.15, -0.1) is 0 Å². The zero-order valence-corrected chi connectivity index (χ0v) is 18.8. The van der Waals surface area contributed by atoms with E-state index in [1.165, 1.54) is 16.1 Å². The van der Waals surface area contributed by atoms with Crippen molar-refractivity contribution in [2.24, 2.45) is 0 Å². The predicted octanol–water partition coefficient (Wildman–Crippen LogP) is 3.41. The first-order valence-electron chi connectivity index (χ1n) is 10.6. The third-order valence-electron chi connectivity index (χ3n) is 5.95. The van der Waals surface area contributed by atoms with Crippen molar-refractivity contribution in [1.82, 2.24) is 4.31 Å². The van der Waals surface area contributed by atoms with Crippen molar-refractivity contribution >= 4 is 39.1 Å². The van der Waals surface area contributed by atoms with Crippen LogP contribution in [-0.4, -0.2) is 58.0 Å². The number of rotatable bonds is 3. The molecule has 31 heavy (non-hydrogen) atoms. The van der Waals surface area contributed by atoms with Gasteiger partial charge < -0.3 is 15.0 Å². The Bertz CT molecular complexity index is 1110. The Morgan fingerprint density at radius 1 is 0.935 bits per heavy atom. The van der Waals surface area contributed by atoms with E-state index in [0.717, 1.165) is 47.8 Å². The van der Waals surface area contributed by atoms with Crippen LogP contribution in [0.25, 0.3) is 0 Å². The van der Waals surface area contributed by atoms with Gasteiger partial charge in [-0.3, -0.25) is 4.79 Å². The molecular weight excluding hydrogens is 434 g/mol. The lowest BCUT2D eigenvalue weighted by Gasteiger charge is -2.33. The molecule has 5 rings (SSSR count). The number of sulfonamides is 1. The smallest absolute Gasteiger partial charge is 0.256 e. The molecule has 164 valence electrons. The first kappa shape index (κ1) is 20.8. The fourth-order valence-corrected chi connectivity index (χ4v) is 6.96. The van der Waals surface area contributed by atoms with E-state index in [1.54, 1.807) is 6.07 Å². The number of carbonyl (C=O) groups is 1. The fraction of sp³-hybridized carbons (Fsp3) is 0.409. The minimum absolute atomic E-state index is 0.219. The Morgan fingerprint density at radius 2 is 1.68 bits per heavy atom. The van der Waals surface area contributed by atoms with Crippen LogP contribution >= 0.6 is 11.8 Å². The summed E-state index contributed by atoms with van der Waals surface area (Å²) < 4.78 is 34.1. The van der Waals surface area contributed by atoms with Gasteiger partial charge in [-0.2, -0.15) is 4.31 Å². The quantitative estimate of drug-likeness (QED) is 0.758. The van der Waals surface area contributed by atoms with Crippen LogP contribution in [0, 0.1) is 0 Å². The summed E-state index contributed by atoms with van der Waals surface area (Å²) >= 11 is 1.50. The van der Waals surface area contributed by atoms with Crippen molar-refractivity contribution in [1.29, 1.82) is 0 Å². The van der Waals surface area contributed by atoms with Gasteiger partial charge in [0.15, 0.2) is 0 Å². The average Bonchev–Trinajstić information content (AvgIpc) is 2.94. The number of morpholine rings is 1. The molecule has 0 atom stereocenters. The van der Waals surface area contributed by atoms with Gasteiger partial charge in [0, 0.05) is 36.0 Å². The molecule has 9 heteroatoms. The van der Waals surface area contributed by atoms with E-state index in [2.05, 4.69) is 10.2 Å². The molecule has 1 N–H and O–H groups in total. The van der Waals surface area contributed by atoms with Crippen LogP contribution in [0.3, 0.4) is 0 Å². The molecule has 7 nitrogen and oxygen atoms in total. The number of hydrogen-bond donors (Lipinski definition) is 1. The van der Waals surface area contributed by atoms with Crippen molar-refractivity contribution in [3.8, 4) is 0 Å². The highest BCUT2D eigenvalue weighted by molar-refractivity contribution is 7.99. The Morgan fingerprint density at radius 3 is 2.45 bits per heavy atom. The number of fused-ring (bicyclic) bond motifs is 2. The van der Waals surface area contributed by atoms with E-state index in [4.69, 9.17) is 4.74 Å². The lowest BCUT2D eigenvalue weighted by Crippen LogP contribution is -2.41. The number of anilines is 2. The molecule has 3 aliphatic rings. The summed E-state index contributed by atoms with van der Waals surface area (Å²) in [5.74, 6) is -0.281. The lowest BCUT2D eigenvalue weighted by molar-refractivity contribution is 0.0730. The zero-order chi connectivity index (χ0) is 21.4. The second kappa shape index (κ2) is 8.46. The number of nitrogens with one attached hydrogen (secondary N) is 1. The first-order valence-corrected chi connectivity index (χ1v) is 12.9. The highest BCUT2D eigenvalue weighted by atomic mass is 32.2. The van der Waals surface area contributed by atoms with Crippen LogP contribution in [-0.2, 0) is 14.8 Å². The number of carbonyl (C=O) groups excluding carboxylic acids is 1. The second-order valence-corrected chi connectivity index (χ2v) is 10.9. The largest absolute Gasteiger partial charge is 0.379 e. The topological polar surface area (TPSA) is 79.0 Å². The number of piperidine rings is 1. The molecule has 0 radical (unpaired) electrons. The van der Waals surface area contributed by atoms with E-state index < -0.39 is 10.0 Å². The molecule has 0 unspecified atom stereocenters. The maximum Gasteiger partial charge on any atom is 0.256 e. The Balaban J connectivity index is 1.65. The van der Waals surface area contributed by atoms with Crippen molar-refractivity contribution in [2.45, 2.75) is 33.9 Å². The van der Waals surface area contributed by atoms with E-state index in [0.29, 0.717) is 37.6 Å². The molecule has 3 heterocycles. The molecule has 1 amide bonds. The van der Waals surface area contributed by atoms with Gasteiger partial charge in [0.25, 0.3) is 5.91 Å². The van der Waals surface area contributed by atoms with Crippen LogP contribution in [0.1, 0.15) is 29.6 Å². The summed E-state index contributed by atoms with van der Waals surface area (Å²) in [6.07, 6.45) is 3.21. The average molecular weight is 460 g/mol. The standard InChI is InChI=1S/C22H25N3O4S2/c26-22-16-14-21(31(27,28)25-10-12-29-13-11-25)18(24-8-4-1-5-9-24)15-20(16)30-19-7-3-2-6-17(19)23-22/h2-3,6-7,14-15H,1,4-5,8-13H2,(H,23,26). The van der Waals surface area contributed by atoms with Crippen LogP contribution in [0.5, 0.6) is 0 Å². The van der Waals surface area contributed by atoms with Gasteiger partial charge in [-0.25, -0.2) is 8.42 Å². The molecular formula is C22H25N3O4S2. The van der Waals surface area contributed by atoms with Gasteiger partial charge >= 0.3 is 0 Å². The molecule has 2 aromatic rings. The van der Waals surface area contributed by atoms with Crippen molar-refractivity contribution in [3.63, 3.8) is 0 Å². The van der Waals surface area contributed by atoms with E-state index in [1.807, 2.05) is 30.3 Å². The van der Waals surface area contributed by atoms with Crippen LogP contribution in [0.2, 0.25) is 0 Å². The number of amides is 1. The van der Waals surface area contributed by atoms with Crippen LogP contribution < -0.4 is 10.2 Å². The van der Waals surface area contributed by atoms with Gasteiger partial charge in [-0.05, 0) is 43.5 Å². The minimum Gasteiger partial charge on any atom is -0.379 e. The monoisotopic (exact) mass is 459 g/mol. The number of ether oxygens (including phenoxy) is 1. The summed E-state index contributed by atoms with van der Waals surface area (Å²) in [5, 5.41) is 2.93. The van der Waals surface area contributed by atoms with Crippen LogP contribution in [0.15, 0.2) is 51.1 Å². The Kier molecular flexibility index (Phi) is 5.68. The van der Waals surface area contributed by atoms with Gasteiger partial charge in [0.2, 0.25) is 10.0 Å². The second-order valence-electron chi connectivity index (χ2n) is 7.93. The molecule has 2 fully saturated rings. The molecule has 0 aliphatic carbocycles. The number of nitrogens with zero attached hydrogens (tertiary/aromatic N) is 2. The maximum atomic E-state index is 13.7. The molecule has 0 saturated carbocycles. The fourth-order valence-electron chi connectivity index (χ4n) is 4.29. The minimum atomic E-state index is -3.76. The highest BCUT2D eigenvalue weighted by Gasteiger charge is 2.33. The van der Waals surface area contributed by atoms with Gasteiger partial charge in [-0.1, -0.05) is 23.9 Å². The summed E-state index contributed by atoms with van der Waals surface area (Å²) in [6, 6.07) is 11.1. The normalized spacial score (nSPS) is 19.9. The maximum absolute atomic E-state index is 13.7. The van der Waals surface area contributed by atoms with Gasteiger partial charge in [0.05, 0.1) is 30.2 Å². The van der Waals surface area contributed by atoms with E-state index in [-0.39, 0.29) is 10.8 Å². The molecule has 3 aliphatic heterocycles. The Labute approximate surface area is 186 Å². The SMILES string of the molecule is O=C1Nc2ccccc2Sc2cc(N3CCCCC3)c(S(=O)(=O)N3CCOCC3)cc21. The lowest BCUT2D eigenvalue weighted by atomic mass is 10.1. The third-order valence-corrected chi connectivity index (χ3v) is 9.01. The summed E-state index contributed by atoms with van der Waals surface area (Å²) in [7, 11) is -3.76.